The first-order chi connectivity index (χ1) is 7.83. The van der Waals surface area contributed by atoms with Gasteiger partial charge in [0.1, 0.15) is 0 Å². The maximum atomic E-state index is 10.5. The Morgan fingerprint density at radius 1 is 0.688 bits per heavy atom. The van der Waals surface area contributed by atoms with Crippen LogP contribution >= 0.6 is 0 Å². The Morgan fingerprint density at radius 2 is 1.38 bits per heavy atom. The van der Waals surface area contributed by atoms with E-state index in [0.29, 0.717) is 11.4 Å². The number of hydrogen-bond acceptors (Lipinski definition) is 2. The van der Waals surface area contributed by atoms with Crippen LogP contribution in [0.4, 0.5) is 11.4 Å². The van der Waals surface area contributed by atoms with Crippen LogP contribution in [0.2, 0.25) is 0 Å². The average molecular weight is 214 g/mol. The minimum atomic E-state index is 0.516. The largest absolute Gasteiger partial charge is 0.233 e. The van der Waals surface area contributed by atoms with E-state index in [4.69, 9.17) is 0 Å². The third-order valence-corrected chi connectivity index (χ3v) is 2.32. The Kier molecular flexibility index (Phi) is 3.05. The molecule has 0 aliphatic heterocycles. The predicted octanol–water partition coefficient (Wildman–Crippen LogP) is 2.87. The molecule has 2 aromatic carbocycles. The molecular formula is C12H10N2O2. The van der Waals surface area contributed by atoms with Gasteiger partial charge < -0.3 is 0 Å². The lowest BCUT2D eigenvalue weighted by Crippen LogP contribution is -1.88. The quantitative estimate of drug-likeness (QED) is 0.771. The van der Waals surface area contributed by atoms with E-state index in [0.717, 1.165) is 11.1 Å². The van der Waals surface area contributed by atoms with Gasteiger partial charge in [-0.1, -0.05) is 34.7 Å². The third-order valence-electron chi connectivity index (χ3n) is 2.32. The van der Waals surface area contributed by atoms with Gasteiger partial charge in [0.05, 0.1) is 11.4 Å². The van der Waals surface area contributed by atoms with Gasteiger partial charge >= 0.3 is 0 Å². The van der Waals surface area contributed by atoms with Crippen molar-refractivity contribution in [1.82, 2.24) is 0 Å². The van der Waals surface area contributed by atoms with Crippen LogP contribution in [-0.4, -0.2) is 0 Å². The lowest BCUT2D eigenvalue weighted by atomic mass is 10.1. The Morgan fingerprint density at radius 3 is 2.00 bits per heavy atom. The highest BCUT2D eigenvalue weighted by Crippen LogP contribution is 2.23. The second-order valence-electron chi connectivity index (χ2n) is 3.36. The summed E-state index contributed by atoms with van der Waals surface area (Å²) < 4.78 is 0. The molecule has 0 aliphatic rings. The van der Waals surface area contributed by atoms with E-state index in [1.807, 2.05) is 29.2 Å². The fourth-order valence-electron chi connectivity index (χ4n) is 1.49. The summed E-state index contributed by atoms with van der Waals surface area (Å²) in [4.78, 5) is 0. The summed E-state index contributed by atoms with van der Waals surface area (Å²) in [6.07, 6.45) is 0. The van der Waals surface area contributed by atoms with Crippen LogP contribution in [0.15, 0.2) is 48.5 Å². The van der Waals surface area contributed by atoms with E-state index in [9.17, 15) is 10.4 Å². The van der Waals surface area contributed by atoms with Gasteiger partial charge in [-0.05, 0) is 35.4 Å². The maximum absolute atomic E-state index is 10.5. The van der Waals surface area contributed by atoms with Gasteiger partial charge in [0.15, 0.2) is 0 Å². The van der Waals surface area contributed by atoms with E-state index in [2.05, 4.69) is 0 Å². The third kappa shape index (κ3) is 2.13. The second kappa shape index (κ2) is 4.65. The molecule has 0 spiro atoms. The van der Waals surface area contributed by atoms with Crippen LogP contribution < -0.4 is 11.0 Å². The molecule has 0 saturated carbocycles. The Labute approximate surface area is 93.1 Å². The first-order valence-corrected chi connectivity index (χ1v) is 4.80. The molecule has 0 aliphatic carbocycles. The first-order valence-electron chi connectivity index (χ1n) is 4.80. The molecule has 16 heavy (non-hydrogen) atoms. The molecule has 2 aromatic rings. The fourth-order valence-corrected chi connectivity index (χ4v) is 1.49. The van der Waals surface area contributed by atoms with Crippen molar-refractivity contribution >= 4 is 11.4 Å². The molecule has 2 rings (SSSR count). The highest BCUT2D eigenvalue weighted by molar-refractivity contribution is 5.69. The van der Waals surface area contributed by atoms with Crippen LogP contribution in [-0.2, 0) is 10.4 Å². The van der Waals surface area contributed by atoms with E-state index < -0.39 is 0 Å². The van der Waals surface area contributed by atoms with Gasteiger partial charge in [0.2, 0.25) is 0 Å². The molecule has 0 atom stereocenters. The molecule has 2 radical (unpaired) electrons. The zero-order valence-electron chi connectivity index (χ0n) is 8.44. The smallest absolute Gasteiger partial charge is 0.0641 e. The summed E-state index contributed by atoms with van der Waals surface area (Å²) in [5.41, 5.74) is 6.58. The normalized spacial score (nSPS) is 9.88. The van der Waals surface area contributed by atoms with Gasteiger partial charge in [-0.2, -0.15) is 0 Å². The monoisotopic (exact) mass is 214 g/mol. The molecule has 4 heteroatoms. The number of rotatable bonds is 3. The molecule has 0 saturated heterocycles. The summed E-state index contributed by atoms with van der Waals surface area (Å²) in [5, 5.41) is 20.9. The lowest BCUT2D eigenvalue weighted by Gasteiger charge is -2.04. The van der Waals surface area contributed by atoms with Crippen LogP contribution in [0.25, 0.3) is 11.1 Å². The summed E-state index contributed by atoms with van der Waals surface area (Å²) in [5.74, 6) is 0. The minimum absolute atomic E-state index is 0.516. The fraction of sp³-hybridized carbons (Fsp3) is 0. The number of anilines is 2. The Bertz CT molecular complexity index is 469. The molecule has 0 amide bonds. The predicted molar refractivity (Wildman–Crippen MR) is 60.5 cm³/mol. The zero-order chi connectivity index (χ0) is 11.4. The highest BCUT2D eigenvalue weighted by Gasteiger charge is 1.99. The average Bonchev–Trinajstić information content (AvgIpc) is 2.39. The summed E-state index contributed by atoms with van der Waals surface area (Å²) in [7, 11) is 0. The van der Waals surface area contributed by atoms with Crippen molar-refractivity contribution in [2.24, 2.45) is 0 Å². The van der Waals surface area contributed by atoms with Crippen molar-refractivity contribution in [2.75, 3.05) is 11.0 Å². The zero-order valence-corrected chi connectivity index (χ0v) is 8.44. The SMILES string of the molecule is [O]Nc1ccc(-c2cccc(N[O])c2)cc1. The molecular weight excluding hydrogens is 204 g/mol. The van der Waals surface area contributed by atoms with Gasteiger partial charge in [-0.25, -0.2) is 11.0 Å². The van der Waals surface area contributed by atoms with Crippen LogP contribution in [0, 0.1) is 0 Å². The molecule has 0 bridgehead atoms. The van der Waals surface area contributed by atoms with Gasteiger partial charge in [-0.15, -0.1) is 0 Å². The van der Waals surface area contributed by atoms with Gasteiger partial charge in [0.25, 0.3) is 0 Å². The van der Waals surface area contributed by atoms with Crippen molar-refractivity contribution in [3.05, 3.63) is 48.5 Å². The molecule has 2 N–H and O–H groups in total. The molecule has 80 valence electrons. The molecule has 0 fully saturated rings. The van der Waals surface area contributed by atoms with Crippen molar-refractivity contribution < 1.29 is 10.4 Å². The van der Waals surface area contributed by atoms with E-state index in [-0.39, 0.29) is 0 Å². The van der Waals surface area contributed by atoms with Gasteiger partial charge in [-0.3, -0.25) is 0 Å². The van der Waals surface area contributed by atoms with E-state index in [1.54, 1.807) is 30.3 Å². The minimum Gasteiger partial charge on any atom is -0.233 e. The van der Waals surface area contributed by atoms with Crippen molar-refractivity contribution in [2.45, 2.75) is 0 Å². The number of benzene rings is 2. The molecule has 0 heterocycles. The number of hydrogen-bond donors (Lipinski definition) is 2. The molecule has 0 unspecified atom stereocenters. The van der Waals surface area contributed by atoms with Gasteiger partial charge in [0, 0.05) is 0 Å². The van der Waals surface area contributed by atoms with Crippen LogP contribution in [0.3, 0.4) is 0 Å². The lowest BCUT2D eigenvalue weighted by molar-refractivity contribution is 0.274. The van der Waals surface area contributed by atoms with Crippen molar-refractivity contribution in [3.8, 4) is 11.1 Å². The highest BCUT2D eigenvalue weighted by atomic mass is 16.5. The Hall–Kier alpha value is -2.04. The summed E-state index contributed by atoms with van der Waals surface area (Å²) in [6.45, 7) is 0. The molecule has 4 nitrogen and oxygen atoms in total. The maximum Gasteiger partial charge on any atom is 0.0641 e. The standard InChI is InChI=1S/C12H10N2O2/c15-13-11-6-4-9(5-7-11)10-2-1-3-12(8-10)14-16/h1-8,13-14H. The molecule has 0 aromatic heterocycles. The summed E-state index contributed by atoms with van der Waals surface area (Å²) >= 11 is 0. The topological polar surface area (TPSA) is 63.9 Å². The van der Waals surface area contributed by atoms with Crippen molar-refractivity contribution in [1.29, 1.82) is 0 Å². The van der Waals surface area contributed by atoms with Crippen LogP contribution in [0.1, 0.15) is 0 Å². The summed E-state index contributed by atoms with van der Waals surface area (Å²) in [6, 6.07) is 14.2. The van der Waals surface area contributed by atoms with E-state index in [1.165, 1.54) is 0 Å². The first kappa shape index (κ1) is 10.5. The van der Waals surface area contributed by atoms with Crippen molar-refractivity contribution in [3.63, 3.8) is 0 Å². The Balaban J connectivity index is 2.34. The number of nitrogens with one attached hydrogen (secondary N) is 2. The van der Waals surface area contributed by atoms with Crippen LogP contribution in [0.5, 0.6) is 0 Å². The second-order valence-corrected chi connectivity index (χ2v) is 3.36. The van der Waals surface area contributed by atoms with E-state index >= 15 is 0 Å².